The Morgan fingerprint density at radius 1 is 1.30 bits per heavy atom. The van der Waals surface area contributed by atoms with Crippen molar-refractivity contribution in [3.8, 4) is 5.88 Å². The Morgan fingerprint density at radius 2 is 2.04 bits per heavy atom. The van der Waals surface area contributed by atoms with Crippen LogP contribution >= 0.6 is 11.3 Å². The summed E-state index contributed by atoms with van der Waals surface area (Å²) in [5.41, 5.74) is 0.603. The molecule has 27 heavy (non-hydrogen) atoms. The number of hydrogen-bond donors (Lipinski definition) is 1. The van der Waals surface area contributed by atoms with Gasteiger partial charge in [-0.25, -0.2) is 9.18 Å². The molecular formula is C18H16FN3O4S. The number of aromatic carboxylic acids is 1. The molecule has 1 N–H and O–H groups in total. The molecule has 9 heteroatoms. The molecule has 0 aliphatic carbocycles. The van der Waals surface area contributed by atoms with Crippen molar-refractivity contribution in [2.45, 2.75) is 6.61 Å². The molecule has 0 bridgehead atoms. The van der Waals surface area contributed by atoms with Crippen molar-refractivity contribution < 1.29 is 19.0 Å². The fraction of sp³-hybridized carbons (Fsp3) is 0.333. The molecule has 0 radical (unpaired) electrons. The lowest BCUT2D eigenvalue weighted by Gasteiger charge is -2.36. The van der Waals surface area contributed by atoms with E-state index >= 15 is 4.39 Å². The highest BCUT2D eigenvalue weighted by Gasteiger charge is 2.31. The summed E-state index contributed by atoms with van der Waals surface area (Å²) in [7, 11) is 2.02. The molecule has 1 fully saturated rings. The number of halogens is 1. The Labute approximate surface area is 156 Å². The number of nitrogens with zero attached hydrogens (tertiary/aromatic N) is 3. The Balaban J connectivity index is 1.88. The van der Waals surface area contributed by atoms with Gasteiger partial charge in [-0.2, -0.15) is 0 Å². The predicted molar refractivity (Wildman–Crippen MR) is 100 cm³/mol. The van der Waals surface area contributed by atoms with Crippen LogP contribution in [0.3, 0.4) is 0 Å². The fourth-order valence-electron chi connectivity index (χ4n) is 3.98. The average molecular weight is 389 g/mol. The van der Waals surface area contributed by atoms with Gasteiger partial charge in [0.05, 0.1) is 22.0 Å². The van der Waals surface area contributed by atoms with Gasteiger partial charge in [-0.15, -0.1) is 11.3 Å². The molecule has 2 aliphatic rings. The normalized spacial score (nSPS) is 17.0. The average Bonchev–Trinajstić information content (AvgIpc) is 3.06. The number of likely N-dealkylation sites (N-methyl/N-ethyl adjacent to an activating group) is 1. The van der Waals surface area contributed by atoms with Gasteiger partial charge in [0, 0.05) is 31.7 Å². The standard InChI is InChI=1S/C18H16FN3O4S/c1-20-2-4-21(5-3-20)15-10-7-26-12-8-27-17-13(18(24)25)16(23)9(6-11(15)19)14(10)22(12)17/h6,8H,2-5,7H2,1H3,(H,24,25). The lowest BCUT2D eigenvalue weighted by atomic mass is 10.0. The van der Waals surface area contributed by atoms with E-state index in [1.54, 1.807) is 9.78 Å². The zero-order chi connectivity index (χ0) is 18.9. The third-order valence-electron chi connectivity index (χ3n) is 5.33. The van der Waals surface area contributed by atoms with E-state index in [1.165, 1.54) is 6.07 Å². The van der Waals surface area contributed by atoms with Crippen molar-refractivity contribution in [3.05, 3.63) is 38.6 Å². The van der Waals surface area contributed by atoms with E-state index in [4.69, 9.17) is 4.74 Å². The number of benzene rings is 1. The molecule has 0 amide bonds. The number of pyridine rings is 1. The van der Waals surface area contributed by atoms with Gasteiger partial charge in [0.1, 0.15) is 22.8 Å². The van der Waals surface area contributed by atoms with Crippen molar-refractivity contribution in [3.63, 3.8) is 0 Å². The molecule has 7 nitrogen and oxygen atoms in total. The van der Waals surface area contributed by atoms with Crippen LogP contribution in [0.15, 0.2) is 16.2 Å². The summed E-state index contributed by atoms with van der Waals surface area (Å²) in [6.07, 6.45) is 0. The van der Waals surface area contributed by atoms with Gasteiger partial charge in [0.15, 0.2) is 0 Å². The number of thiazole rings is 1. The third kappa shape index (κ3) is 2.21. The summed E-state index contributed by atoms with van der Waals surface area (Å²) in [6.45, 7) is 3.12. The maximum absolute atomic E-state index is 15.1. The molecule has 1 aromatic carbocycles. The quantitative estimate of drug-likeness (QED) is 0.723. The number of hydrogen-bond acceptors (Lipinski definition) is 6. The largest absolute Gasteiger partial charge is 0.477 e. The molecule has 1 saturated heterocycles. The molecule has 3 aromatic rings. The van der Waals surface area contributed by atoms with Gasteiger partial charge >= 0.3 is 5.97 Å². The maximum Gasteiger partial charge on any atom is 0.342 e. The predicted octanol–water partition coefficient (Wildman–Crippen LogP) is 2.00. The number of piperazine rings is 1. The SMILES string of the molecule is CN1CCN(c2c(F)cc3c(=O)c(C(=O)O)c4scc5n4c3c2CO5)CC1. The monoisotopic (exact) mass is 389 g/mol. The first-order valence-electron chi connectivity index (χ1n) is 8.58. The molecule has 2 aromatic heterocycles. The van der Waals surface area contributed by atoms with Gasteiger partial charge in [0.25, 0.3) is 0 Å². The second-order valence-corrected chi connectivity index (χ2v) is 7.74. The summed E-state index contributed by atoms with van der Waals surface area (Å²) in [5.74, 6) is -1.36. The van der Waals surface area contributed by atoms with E-state index in [-0.39, 0.29) is 17.6 Å². The highest BCUT2D eigenvalue weighted by molar-refractivity contribution is 7.16. The number of carbonyl (C=O) groups is 1. The van der Waals surface area contributed by atoms with Crippen molar-refractivity contribution in [2.24, 2.45) is 0 Å². The Hall–Kier alpha value is -2.65. The van der Waals surface area contributed by atoms with Crippen molar-refractivity contribution in [1.29, 1.82) is 0 Å². The van der Waals surface area contributed by atoms with Crippen LogP contribution in [0.2, 0.25) is 0 Å². The lowest BCUT2D eigenvalue weighted by molar-refractivity contribution is 0.0697. The van der Waals surface area contributed by atoms with Crippen LogP contribution in [0.1, 0.15) is 15.9 Å². The number of rotatable bonds is 2. The van der Waals surface area contributed by atoms with Crippen molar-refractivity contribution >= 4 is 38.7 Å². The number of aromatic nitrogens is 1. The van der Waals surface area contributed by atoms with E-state index < -0.39 is 17.2 Å². The molecule has 0 spiro atoms. The van der Waals surface area contributed by atoms with Gasteiger partial charge in [-0.1, -0.05) is 0 Å². The topological polar surface area (TPSA) is 74.5 Å². The van der Waals surface area contributed by atoms with Gasteiger partial charge in [-0.05, 0) is 13.1 Å². The third-order valence-corrected chi connectivity index (χ3v) is 6.26. The minimum atomic E-state index is -1.32. The van der Waals surface area contributed by atoms with Crippen LogP contribution in [0.25, 0.3) is 15.7 Å². The number of anilines is 1. The van der Waals surface area contributed by atoms with Crippen LogP contribution < -0.4 is 15.1 Å². The highest BCUT2D eigenvalue weighted by atomic mass is 32.1. The van der Waals surface area contributed by atoms with Gasteiger partial charge < -0.3 is 19.6 Å². The summed E-state index contributed by atoms with van der Waals surface area (Å²) in [4.78, 5) is 29.0. The summed E-state index contributed by atoms with van der Waals surface area (Å²) < 4.78 is 22.5. The summed E-state index contributed by atoms with van der Waals surface area (Å²) >= 11 is 1.14. The van der Waals surface area contributed by atoms with Crippen molar-refractivity contribution in [1.82, 2.24) is 9.30 Å². The minimum Gasteiger partial charge on any atom is -0.477 e. The Bertz CT molecular complexity index is 1180. The van der Waals surface area contributed by atoms with Crippen LogP contribution in [0.4, 0.5) is 10.1 Å². The highest BCUT2D eigenvalue weighted by Crippen LogP contribution is 2.39. The molecule has 140 valence electrons. The zero-order valence-corrected chi connectivity index (χ0v) is 15.3. The summed E-state index contributed by atoms with van der Waals surface area (Å²) in [5, 5.41) is 11.3. The van der Waals surface area contributed by atoms with E-state index in [2.05, 4.69) is 4.90 Å². The van der Waals surface area contributed by atoms with Crippen LogP contribution in [-0.2, 0) is 6.61 Å². The Morgan fingerprint density at radius 3 is 2.74 bits per heavy atom. The van der Waals surface area contributed by atoms with E-state index in [0.29, 0.717) is 40.6 Å². The fourth-order valence-corrected chi connectivity index (χ4v) is 4.95. The Kier molecular flexibility index (Phi) is 3.47. The van der Waals surface area contributed by atoms with Crippen LogP contribution in [0.5, 0.6) is 5.88 Å². The second-order valence-electron chi connectivity index (χ2n) is 6.88. The van der Waals surface area contributed by atoms with Gasteiger partial charge in [-0.3, -0.25) is 9.20 Å². The molecular weight excluding hydrogens is 373 g/mol. The first-order chi connectivity index (χ1) is 13.0. The smallest absolute Gasteiger partial charge is 0.342 e. The molecule has 0 unspecified atom stereocenters. The number of ether oxygens (including phenoxy) is 1. The number of carboxylic acids is 1. The van der Waals surface area contributed by atoms with E-state index in [1.807, 2.05) is 11.9 Å². The number of carboxylic acid groups (broad SMARTS) is 1. The molecule has 0 atom stereocenters. The molecule has 2 aliphatic heterocycles. The van der Waals surface area contributed by atoms with E-state index in [9.17, 15) is 14.7 Å². The van der Waals surface area contributed by atoms with Crippen LogP contribution in [-0.4, -0.2) is 53.6 Å². The first-order valence-corrected chi connectivity index (χ1v) is 9.46. The summed E-state index contributed by atoms with van der Waals surface area (Å²) in [6, 6.07) is 1.18. The van der Waals surface area contributed by atoms with Gasteiger partial charge in [0.2, 0.25) is 11.3 Å². The zero-order valence-electron chi connectivity index (χ0n) is 14.5. The molecule has 4 heterocycles. The minimum absolute atomic E-state index is 0.0817. The van der Waals surface area contributed by atoms with Crippen molar-refractivity contribution in [2.75, 3.05) is 38.1 Å². The first kappa shape index (κ1) is 16.5. The lowest BCUT2D eigenvalue weighted by Crippen LogP contribution is -2.45. The molecule has 0 saturated carbocycles. The second kappa shape index (κ2) is 5.67. The maximum atomic E-state index is 15.1. The molecule has 5 rings (SSSR count). The van der Waals surface area contributed by atoms with E-state index in [0.717, 1.165) is 24.4 Å². The van der Waals surface area contributed by atoms with Crippen LogP contribution in [0, 0.1) is 5.82 Å².